The largest absolute Gasteiger partial charge is 0.312 e. The van der Waals surface area contributed by atoms with E-state index in [1.807, 2.05) is 0 Å². The Hall–Kier alpha value is -0.0400. The van der Waals surface area contributed by atoms with E-state index in [-0.39, 0.29) is 5.54 Å². The Balaban J connectivity index is 4.27. The highest BCUT2D eigenvalue weighted by Crippen LogP contribution is 2.31. The molecule has 1 heteroatoms. The van der Waals surface area contributed by atoms with Crippen LogP contribution in [0.3, 0.4) is 0 Å². The van der Waals surface area contributed by atoms with Gasteiger partial charge in [-0.1, -0.05) is 34.6 Å². The molecule has 86 valence electrons. The summed E-state index contributed by atoms with van der Waals surface area (Å²) >= 11 is 0. The smallest absolute Gasteiger partial charge is 0.00966 e. The summed E-state index contributed by atoms with van der Waals surface area (Å²) in [7, 11) is 0. The van der Waals surface area contributed by atoms with Crippen LogP contribution in [-0.2, 0) is 0 Å². The van der Waals surface area contributed by atoms with Crippen LogP contribution in [0.1, 0.15) is 55.4 Å². The lowest BCUT2D eigenvalue weighted by Crippen LogP contribution is -2.43. The van der Waals surface area contributed by atoms with Crippen molar-refractivity contribution in [3.63, 3.8) is 0 Å². The molecule has 0 saturated carbocycles. The van der Waals surface area contributed by atoms with Gasteiger partial charge in [0.2, 0.25) is 0 Å². The minimum absolute atomic E-state index is 0.235. The normalized spacial score (nSPS) is 16.1. The molecule has 0 saturated heterocycles. The molecule has 0 aliphatic carbocycles. The molecule has 14 heavy (non-hydrogen) atoms. The molecule has 0 aromatic rings. The van der Waals surface area contributed by atoms with Crippen LogP contribution in [0.2, 0.25) is 0 Å². The zero-order valence-corrected chi connectivity index (χ0v) is 11.4. The first-order chi connectivity index (χ1) is 6.04. The van der Waals surface area contributed by atoms with Gasteiger partial charge in [-0.05, 0) is 44.6 Å². The van der Waals surface area contributed by atoms with Crippen molar-refractivity contribution in [2.75, 3.05) is 6.54 Å². The molecule has 0 fully saturated rings. The highest BCUT2D eigenvalue weighted by Gasteiger charge is 2.28. The van der Waals surface area contributed by atoms with Crippen molar-refractivity contribution in [3.8, 4) is 0 Å². The molecule has 1 unspecified atom stereocenters. The number of nitrogens with one attached hydrogen (secondary N) is 1. The maximum absolute atomic E-state index is 3.61. The minimum atomic E-state index is 0.235. The molecule has 0 aromatic heterocycles. The summed E-state index contributed by atoms with van der Waals surface area (Å²) in [6.45, 7) is 19.4. The van der Waals surface area contributed by atoms with E-state index in [1.165, 1.54) is 0 Å². The second-order valence-electron chi connectivity index (χ2n) is 6.85. The third-order valence-corrected chi connectivity index (χ3v) is 2.77. The second kappa shape index (κ2) is 4.65. The second-order valence-corrected chi connectivity index (χ2v) is 6.85. The van der Waals surface area contributed by atoms with Gasteiger partial charge in [0.05, 0.1) is 0 Å². The van der Waals surface area contributed by atoms with Gasteiger partial charge in [-0.25, -0.2) is 0 Å². The predicted molar refractivity (Wildman–Crippen MR) is 65.5 cm³/mol. The zero-order valence-electron chi connectivity index (χ0n) is 11.4. The fraction of sp³-hybridized carbons (Fsp3) is 1.00. The molecule has 0 heterocycles. The van der Waals surface area contributed by atoms with Gasteiger partial charge in [0, 0.05) is 5.54 Å². The first kappa shape index (κ1) is 14.0. The average molecular weight is 199 g/mol. The van der Waals surface area contributed by atoms with Gasteiger partial charge >= 0.3 is 0 Å². The first-order valence-corrected chi connectivity index (χ1v) is 5.79. The molecule has 0 aliphatic rings. The van der Waals surface area contributed by atoms with Crippen LogP contribution in [0.15, 0.2) is 0 Å². The number of rotatable bonds is 3. The van der Waals surface area contributed by atoms with Crippen LogP contribution in [0.25, 0.3) is 0 Å². The van der Waals surface area contributed by atoms with Crippen molar-refractivity contribution in [3.05, 3.63) is 0 Å². The van der Waals surface area contributed by atoms with Crippen molar-refractivity contribution < 1.29 is 0 Å². The predicted octanol–water partition coefficient (Wildman–Crippen LogP) is 3.69. The lowest BCUT2D eigenvalue weighted by atomic mass is 9.74. The monoisotopic (exact) mass is 199 g/mol. The zero-order chi connectivity index (χ0) is 11.6. The molecular formula is C13H29N. The Morgan fingerprint density at radius 2 is 1.36 bits per heavy atom. The summed E-state index contributed by atoms with van der Waals surface area (Å²) in [5.74, 6) is 1.48. The van der Waals surface area contributed by atoms with Crippen molar-refractivity contribution in [2.45, 2.75) is 60.9 Å². The van der Waals surface area contributed by atoms with E-state index in [0.717, 1.165) is 18.4 Å². The van der Waals surface area contributed by atoms with Crippen molar-refractivity contribution in [1.29, 1.82) is 0 Å². The van der Waals surface area contributed by atoms with Crippen molar-refractivity contribution >= 4 is 0 Å². The molecule has 1 atom stereocenters. The third kappa shape index (κ3) is 5.64. The fourth-order valence-electron chi connectivity index (χ4n) is 1.96. The van der Waals surface area contributed by atoms with E-state index >= 15 is 0 Å². The third-order valence-electron chi connectivity index (χ3n) is 2.77. The molecular weight excluding hydrogens is 170 g/mol. The van der Waals surface area contributed by atoms with Crippen LogP contribution in [0.5, 0.6) is 0 Å². The molecule has 1 nitrogen and oxygen atoms in total. The summed E-state index contributed by atoms with van der Waals surface area (Å²) in [5.41, 5.74) is 0.630. The first-order valence-electron chi connectivity index (χ1n) is 5.79. The Bertz CT molecular complexity index is 157. The van der Waals surface area contributed by atoms with Crippen LogP contribution in [0.4, 0.5) is 0 Å². The molecule has 0 amide bonds. The molecule has 0 aromatic carbocycles. The maximum Gasteiger partial charge on any atom is 0.00966 e. The fourth-order valence-corrected chi connectivity index (χ4v) is 1.96. The van der Waals surface area contributed by atoms with Crippen LogP contribution < -0.4 is 5.32 Å². The Kier molecular flexibility index (Phi) is 4.64. The van der Waals surface area contributed by atoms with E-state index in [2.05, 4.69) is 60.7 Å². The van der Waals surface area contributed by atoms with Crippen LogP contribution in [0, 0.1) is 17.3 Å². The van der Waals surface area contributed by atoms with Crippen LogP contribution >= 0.6 is 0 Å². The van der Waals surface area contributed by atoms with Gasteiger partial charge in [-0.3, -0.25) is 0 Å². The van der Waals surface area contributed by atoms with Gasteiger partial charge in [0.25, 0.3) is 0 Å². The molecule has 0 aliphatic heterocycles. The SMILES string of the molecule is CC(C)C(CNC(C)(C)C)C(C)(C)C. The minimum Gasteiger partial charge on any atom is -0.312 e. The molecule has 0 radical (unpaired) electrons. The summed E-state index contributed by atoms with van der Waals surface area (Å²) in [6, 6.07) is 0. The van der Waals surface area contributed by atoms with Crippen molar-refractivity contribution in [2.24, 2.45) is 17.3 Å². The Labute approximate surface area is 90.7 Å². The van der Waals surface area contributed by atoms with Crippen molar-refractivity contribution in [1.82, 2.24) is 5.32 Å². The average Bonchev–Trinajstić information content (AvgIpc) is 1.79. The van der Waals surface area contributed by atoms with Gasteiger partial charge < -0.3 is 5.32 Å². The molecule has 1 N–H and O–H groups in total. The van der Waals surface area contributed by atoms with Gasteiger partial charge in [-0.15, -0.1) is 0 Å². The van der Waals surface area contributed by atoms with Gasteiger partial charge in [0.15, 0.2) is 0 Å². The van der Waals surface area contributed by atoms with Gasteiger partial charge in [0.1, 0.15) is 0 Å². The summed E-state index contributed by atoms with van der Waals surface area (Å²) in [5, 5.41) is 3.61. The number of hydrogen-bond acceptors (Lipinski definition) is 1. The lowest BCUT2D eigenvalue weighted by molar-refractivity contribution is 0.162. The van der Waals surface area contributed by atoms with E-state index in [0.29, 0.717) is 5.41 Å². The Morgan fingerprint density at radius 3 is 1.57 bits per heavy atom. The summed E-state index contributed by atoms with van der Waals surface area (Å²) in [6.07, 6.45) is 0. The van der Waals surface area contributed by atoms with Gasteiger partial charge in [-0.2, -0.15) is 0 Å². The molecule has 0 spiro atoms. The standard InChI is InChI=1S/C13H29N/c1-10(2)11(12(3,4)5)9-14-13(6,7)8/h10-11,14H,9H2,1-8H3. The van der Waals surface area contributed by atoms with E-state index in [9.17, 15) is 0 Å². The maximum atomic E-state index is 3.61. The topological polar surface area (TPSA) is 12.0 Å². The van der Waals surface area contributed by atoms with E-state index < -0.39 is 0 Å². The quantitative estimate of drug-likeness (QED) is 0.731. The summed E-state index contributed by atoms with van der Waals surface area (Å²) in [4.78, 5) is 0. The van der Waals surface area contributed by atoms with E-state index in [1.54, 1.807) is 0 Å². The molecule has 0 rings (SSSR count). The summed E-state index contributed by atoms with van der Waals surface area (Å²) < 4.78 is 0. The molecule has 0 bridgehead atoms. The lowest BCUT2D eigenvalue weighted by Gasteiger charge is -2.36. The number of hydrogen-bond donors (Lipinski definition) is 1. The van der Waals surface area contributed by atoms with E-state index in [4.69, 9.17) is 0 Å². The van der Waals surface area contributed by atoms with Crippen LogP contribution in [-0.4, -0.2) is 12.1 Å². The Morgan fingerprint density at radius 1 is 0.929 bits per heavy atom. The highest BCUT2D eigenvalue weighted by molar-refractivity contribution is 4.81. The highest BCUT2D eigenvalue weighted by atomic mass is 14.9.